The lowest BCUT2D eigenvalue weighted by Crippen LogP contribution is -2.30. The Bertz CT molecular complexity index is 732. The molecule has 0 bridgehead atoms. The number of fused-ring (bicyclic) bond motifs is 1. The molecule has 1 heterocycles. The smallest absolute Gasteiger partial charge is 0.231 e. The first-order chi connectivity index (χ1) is 11.7. The van der Waals surface area contributed by atoms with Crippen LogP contribution in [-0.2, 0) is 17.8 Å². The predicted molar refractivity (Wildman–Crippen MR) is 93.4 cm³/mol. The Morgan fingerprint density at radius 1 is 1.12 bits per heavy atom. The van der Waals surface area contributed by atoms with E-state index < -0.39 is 0 Å². The highest BCUT2D eigenvalue weighted by Crippen LogP contribution is 2.32. The lowest BCUT2D eigenvalue weighted by atomic mass is 10.1. The topological polar surface area (TPSA) is 38.8 Å². The lowest BCUT2D eigenvalue weighted by Gasteiger charge is -2.21. The molecule has 1 aliphatic rings. The zero-order chi connectivity index (χ0) is 16.9. The van der Waals surface area contributed by atoms with Crippen molar-refractivity contribution in [2.45, 2.75) is 26.3 Å². The van der Waals surface area contributed by atoms with Crippen LogP contribution in [0.25, 0.3) is 0 Å². The van der Waals surface area contributed by atoms with E-state index in [9.17, 15) is 4.79 Å². The predicted octanol–water partition coefficient (Wildman–Crippen LogP) is 4.05. The van der Waals surface area contributed by atoms with Crippen molar-refractivity contribution >= 4 is 17.5 Å². The fraction of sp³-hybridized carbons (Fsp3) is 0.316. The number of amides is 1. The van der Waals surface area contributed by atoms with E-state index in [2.05, 4.69) is 0 Å². The first-order valence-electron chi connectivity index (χ1n) is 8.06. The van der Waals surface area contributed by atoms with Gasteiger partial charge in [0, 0.05) is 24.5 Å². The summed E-state index contributed by atoms with van der Waals surface area (Å²) in [6, 6.07) is 13.4. The second-order valence-electron chi connectivity index (χ2n) is 5.73. The average molecular weight is 346 g/mol. The number of rotatable bonds is 6. The Kier molecular flexibility index (Phi) is 5.26. The molecule has 126 valence electrons. The van der Waals surface area contributed by atoms with Gasteiger partial charge in [0.15, 0.2) is 11.5 Å². The normalized spacial score (nSPS) is 12.2. The maximum Gasteiger partial charge on any atom is 0.231 e. The SMILES string of the molecule is CCN(Cc1ccc2c(c1)OCO2)C(=O)CCc1cccc(Cl)c1. The van der Waals surface area contributed by atoms with E-state index >= 15 is 0 Å². The van der Waals surface area contributed by atoms with E-state index in [0.717, 1.165) is 22.6 Å². The molecule has 0 saturated heterocycles. The van der Waals surface area contributed by atoms with Crippen LogP contribution in [0.15, 0.2) is 42.5 Å². The molecule has 0 aromatic heterocycles. The summed E-state index contributed by atoms with van der Waals surface area (Å²) < 4.78 is 10.7. The summed E-state index contributed by atoms with van der Waals surface area (Å²) in [7, 11) is 0. The lowest BCUT2D eigenvalue weighted by molar-refractivity contribution is -0.131. The highest BCUT2D eigenvalue weighted by molar-refractivity contribution is 6.30. The molecule has 0 saturated carbocycles. The van der Waals surface area contributed by atoms with Crippen LogP contribution < -0.4 is 9.47 Å². The van der Waals surface area contributed by atoms with Crippen molar-refractivity contribution in [2.24, 2.45) is 0 Å². The molecule has 5 heteroatoms. The molecule has 0 aliphatic carbocycles. The standard InChI is InChI=1S/C19H20ClNO3/c1-2-21(12-15-6-8-17-18(11-15)24-13-23-17)19(22)9-7-14-4-3-5-16(20)10-14/h3-6,8,10-11H,2,7,9,12-13H2,1H3. The third-order valence-corrected chi connectivity index (χ3v) is 4.30. The van der Waals surface area contributed by atoms with Crippen LogP contribution in [0.3, 0.4) is 0 Å². The minimum absolute atomic E-state index is 0.134. The summed E-state index contributed by atoms with van der Waals surface area (Å²) in [5.41, 5.74) is 2.12. The minimum atomic E-state index is 0.134. The number of carbonyl (C=O) groups excluding carboxylic acids is 1. The molecule has 2 aromatic carbocycles. The molecule has 1 amide bonds. The number of ether oxygens (including phenoxy) is 2. The number of hydrogen-bond acceptors (Lipinski definition) is 3. The number of aryl methyl sites for hydroxylation is 1. The van der Waals surface area contributed by atoms with Gasteiger partial charge in [0.2, 0.25) is 12.7 Å². The van der Waals surface area contributed by atoms with E-state index in [0.29, 0.717) is 31.0 Å². The monoisotopic (exact) mass is 345 g/mol. The Labute approximate surface area is 146 Å². The number of halogens is 1. The number of nitrogens with zero attached hydrogens (tertiary/aromatic N) is 1. The molecule has 0 radical (unpaired) electrons. The molecule has 0 unspecified atom stereocenters. The second-order valence-corrected chi connectivity index (χ2v) is 6.16. The molecule has 24 heavy (non-hydrogen) atoms. The second kappa shape index (κ2) is 7.58. The van der Waals surface area contributed by atoms with Crippen molar-refractivity contribution in [3.63, 3.8) is 0 Å². The van der Waals surface area contributed by atoms with Crippen molar-refractivity contribution in [1.82, 2.24) is 4.90 Å². The molecular weight excluding hydrogens is 326 g/mol. The quantitative estimate of drug-likeness (QED) is 0.792. The van der Waals surface area contributed by atoms with E-state index in [-0.39, 0.29) is 12.7 Å². The average Bonchev–Trinajstić information content (AvgIpc) is 3.05. The van der Waals surface area contributed by atoms with Gasteiger partial charge in [-0.1, -0.05) is 29.8 Å². The summed E-state index contributed by atoms with van der Waals surface area (Å²) in [6.07, 6.45) is 1.16. The molecule has 0 N–H and O–H groups in total. The minimum Gasteiger partial charge on any atom is -0.454 e. The van der Waals surface area contributed by atoms with Gasteiger partial charge in [-0.15, -0.1) is 0 Å². The van der Waals surface area contributed by atoms with E-state index in [1.54, 1.807) is 0 Å². The summed E-state index contributed by atoms with van der Waals surface area (Å²) in [6.45, 7) is 3.49. The Balaban J connectivity index is 1.60. The van der Waals surface area contributed by atoms with Crippen LogP contribution >= 0.6 is 11.6 Å². The zero-order valence-electron chi connectivity index (χ0n) is 13.6. The van der Waals surface area contributed by atoms with Gasteiger partial charge in [-0.2, -0.15) is 0 Å². The van der Waals surface area contributed by atoms with Crippen LogP contribution in [0, 0.1) is 0 Å². The molecule has 0 atom stereocenters. The maximum absolute atomic E-state index is 12.5. The van der Waals surface area contributed by atoms with Crippen LogP contribution in [-0.4, -0.2) is 24.1 Å². The first kappa shape index (κ1) is 16.7. The largest absolute Gasteiger partial charge is 0.454 e. The van der Waals surface area contributed by atoms with Crippen molar-refractivity contribution in [3.8, 4) is 11.5 Å². The zero-order valence-corrected chi connectivity index (χ0v) is 14.4. The van der Waals surface area contributed by atoms with E-state index in [4.69, 9.17) is 21.1 Å². The summed E-state index contributed by atoms with van der Waals surface area (Å²) in [5, 5.41) is 0.702. The molecule has 0 fully saturated rings. The van der Waals surface area contributed by atoms with E-state index in [1.807, 2.05) is 54.3 Å². The van der Waals surface area contributed by atoms with Gasteiger partial charge in [0.1, 0.15) is 0 Å². The molecule has 0 spiro atoms. The molecular formula is C19H20ClNO3. The highest BCUT2D eigenvalue weighted by atomic mass is 35.5. The third-order valence-electron chi connectivity index (χ3n) is 4.06. The van der Waals surface area contributed by atoms with Crippen molar-refractivity contribution in [3.05, 3.63) is 58.6 Å². The summed E-state index contributed by atoms with van der Waals surface area (Å²) >= 11 is 5.99. The summed E-state index contributed by atoms with van der Waals surface area (Å²) in [4.78, 5) is 14.4. The van der Waals surface area contributed by atoms with Crippen molar-refractivity contribution < 1.29 is 14.3 Å². The molecule has 1 aliphatic heterocycles. The van der Waals surface area contributed by atoms with Gasteiger partial charge in [0.05, 0.1) is 0 Å². The number of carbonyl (C=O) groups is 1. The third kappa shape index (κ3) is 4.01. The van der Waals surface area contributed by atoms with Gasteiger partial charge >= 0.3 is 0 Å². The summed E-state index contributed by atoms with van der Waals surface area (Å²) in [5.74, 6) is 1.64. The fourth-order valence-corrected chi connectivity index (χ4v) is 2.95. The Morgan fingerprint density at radius 3 is 2.75 bits per heavy atom. The van der Waals surface area contributed by atoms with E-state index in [1.165, 1.54) is 0 Å². The Hall–Kier alpha value is -2.20. The van der Waals surface area contributed by atoms with Gasteiger partial charge < -0.3 is 14.4 Å². The Morgan fingerprint density at radius 2 is 1.96 bits per heavy atom. The molecule has 4 nitrogen and oxygen atoms in total. The molecule has 3 rings (SSSR count). The number of hydrogen-bond donors (Lipinski definition) is 0. The van der Waals surface area contributed by atoms with Crippen molar-refractivity contribution in [1.29, 1.82) is 0 Å². The van der Waals surface area contributed by atoms with Crippen LogP contribution in [0.1, 0.15) is 24.5 Å². The van der Waals surface area contributed by atoms with Crippen LogP contribution in [0.2, 0.25) is 5.02 Å². The van der Waals surface area contributed by atoms with Crippen LogP contribution in [0.4, 0.5) is 0 Å². The van der Waals surface area contributed by atoms with Gasteiger partial charge in [-0.25, -0.2) is 0 Å². The molecule has 2 aromatic rings. The first-order valence-corrected chi connectivity index (χ1v) is 8.44. The van der Waals surface area contributed by atoms with Crippen LogP contribution in [0.5, 0.6) is 11.5 Å². The van der Waals surface area contributed by atoms with Gasteiger partial charge in [-0.3, -0.25) is 4.79 Å². The van der Waals surface area contributed by atoms with Gasteiger partial charge in [0.25, 0.3) is 0 Å². The maximum atomic E-state index is 12.5. The van der Waals surface area contributed by atoms with Crippen molar-refractivity contribution in [2.75, 3.05) is 13.3 Å². The van der Waals surface area contributed by atoms with Gasteiger partial charge in [-0.05, 0) is 48.7 Å². The fourth-order valence-electron chi connectivity index (χ4n) is 2.74. The highest BCUT2D eigenvalue weighted by Gasteiger charge is 2.16. The number of benzene rings is 2.